The van der Waals surface area contributed by atoms with E-state index >= 15 is 0 Å². The maximum absolute atomic E-state index is 4.24. The quantitative estimate of drug-likeness (QED) is 0.827. The second kappa shape index (κ2) is 4.17. The van der Waals surface area contributed by atoms with Crippen molar-refractivity contribution in [1.82, 2.24) is 9.55 Å². The minimum atomic E-state index is 0.871. The zero-order valence-corrected chi connectivity index (χ0v) is 9.07. The van der Waals surface area contributed by atoms with E-state index in [1.807, 2.05) is 23.9 Å². The van der Waals surface area contributed by atoms with Gasteiger partial charge in [-0.1, -0.05) is 25.1 Å². The third-order valence-corrected chi connectivity index (χ3v) is 2.47. The second-order valence-corrected chi connectivity index (χ2v) is 3.50. The van der Waals surface area contributed by atoms with Crippen molar-refractivity contribution in [2.45, 2.75) is 13.3 Å². The van der Waals surface area contributed by atoms with Gasteiger partial charge in [-0.05, 0) is 18.1 Å². The fourth-order valence-corrected chi connectivity index (χ4v) is 1.56. The fourth-order valence-electron chi connectivity index (χ4n) is 1.56. The van der Waals surface area contributed by atoms with Crippen LogP contribution in [0.5, 0.6) is 0 Å². The average molecular weight is 201 g/mol. The SMILES string of the molecule is CCc1ccccc1Nc1nccn1C. The summed E-state index contributed by atoms with van der Waals surface area (Å²) in [6.45, 7) is 2.15. The second-order valence-electron chi connectivity index (χ2n) is 3.50. The number of hydrogen-bond donors (Lipinski definition) is 1. The maximum Gasteiger partial charge on any atom is 0.207 e. The van der Waals surface area contributed by atoms with Gasteiger partial charge < -0.3 is 9.88 Å². The van der Waals surface area contributed by atoms with Crippen LogP contribution in [-0.4, -0.2) is 9.55 Å². The highest BCUT2D eigenvalue weighted by molar-refractivity contribution is 5.58. The Bertz CT molecular complexity index is 446. The van der Waals surface area contributed by atoms with Crippen molar-refractivity contribution in [2.75, 3.05) is 5.32 Å². The highest BCUT2D eigenvalue weighted by Crippen LogP contribution is 2.19. The largest absolute Gasteiger partial charge is 0.325 e. The van der Waals surface area contributed by atoms with Gasteiger partial charge in [-0.3, -0.25) is 0 Å². The molecule has 3 nitrogen and oxygen atoms in total. The monoisotopic (exact) mass is 201 g/mol. The first-order valence-electron chi connectivity index (χ1n) is 5.13. The number of nitrogens with one attached hydrogen (secondary N) is 1. The number of para-hydroxylation sites is 1. The lowest BCUT2D eigenvalue weighted by molar-refractivity contribution is 0.923. The van der Waals surface area contributed by atoms with Crippen LogP contribution >= 0.6 is 0 Å². The molecule has 0 aliphatic carbocycles. The number of aromatic nitrogens is 2. The highest BCUT2D eigenvalue weighted by atomic mass is 15.2. The first-order chi connectivity index (χ1) is 7.31. The number of aryl methyl sites for hydroxylation is 2. The molecular weight excluding hydrogens is 186 g/mol. The number of hydrogen-bond acceptors (Lipinski definition) is 2. The standard InChI is InChI=1S/C12H15N3/c1-3-10-6-4-5-7-11(10)14-12-13-8-9-15(12)2/h4-9H,3H2,1-2H3,(H,13,14). The van der Waals surface area contributed by atoms with Crippen LogP contribution < -0.4 is 5.32 Å². The molecule has 15 heavy (non-hydrogen) atoms. The molecule has 1 aromatic carbocycles. The van der Waals surface area contributed by atoms with Crippen molar-refractivity contribution in [1.29, 1.82) is 0 Å². The summed E-state index contributed by atoms with van der Waals surface area (Å²) in [6, 6.07) is 8.30. The third kappa shape index (κ3) is 2.01. The lowest BCUT2D eigenvalue weighted by Crippen LogP contribution is -2.00. The Balaban J connectivity index is 2.28. The molecule has 0 spiro atoms. The highest BCUT2D eigenvalue weighted by Gasteiger charge is 2.02. The Morgan fingerprint density at radius 3 is 2.80 bits per heavy atom. The van der Waals surface area contributed by atoms with E-state index in [9.17, 15) is 0 Å². The Labute approximate surface area is 89.8 Å². The minimum absolute atomic E-state index is 0.871. The van der Waals surface area contributed by atoms with E-state index in [1.54, 1.807) is 6.20 Å². The summed E-state index contributed by atoms with van der Waals surface area (Å²) < 4.78 is 1.96. The van der Waals surface area contributed by atoms with Crippen LogP contribution in [0.25, 0.3) is 0 Å². The van der Waals surface area contributed by atoms with Crippen LogP contribution in [0.3, 0.4) is 0 Å². The van der Waals surface area contributed by atoms with Gasteiger partial charge in [0.1, 0.15) is 0 Å². The Morgan fingerprint density at radius 2 is 2.13 bits per heavy atom. The Morgan fingerprint density at radius 1 is 1.33 bits per heavy atom. The average Bonchev–Trinajstić information content (AvgIpc) is 2.65. The summed E-state index contributed by atoms with van der Waals surface area (Å²) >= 11 is 0. The Kier molecular flexibility index (Phi) is 2.72. The van der Waals surface area contributed by atoms with Crippen molar-refractivity contribution in [2.24, 2.45) is 7.05 Å². The zero-order valence-electron chi connectivity index (χ0n) is 9.07. The molecule has 0 radical (unpaired) electrons. The van der Waals surface area contributed by atoms with E-state index in [0.29, 0.717) is 0 Å². The lowest BCUT2D eigenvalue weighted by atomic mass is 10.1. The molecule has 0 atom stereocenters. The molecule has 0 aliphatic rings. The molecule has 0 bridgehead atoms. The van der Waals surface area contributed by atoms with Gasteiger partial charge in [0, 0.05) is 25.1 Å². The van der Waals surface area contributed by atoms with E-state index in [0.717, 1.165) is 18.1 Å². The molecule has 78 valence electrons. The summed E-state index contributed by atoms with van der Waals surface area (Å²) in [6.07, 6.45) is 4.74. The Hall–Kier alpha value is -1.77. The van der Waals surface area contributed by atoms with E-state index in [-0.39, 0.29) is 0 Å². The topological polar surface area (TPSA) is 29.9 Å². The molecule has 3 heteroatoms. The van der Waals surface area contributed by atoms with Gasteiger partial charge in [-0.2, -0.15) is 0 Å². The van der Waals surface area contributed by atoms with E-state index in [4.69, 9.17) is 0 Å². The first-order valence-corrected chi connectivity index (χ1v) is 5.13. The molecule has 0 amide bonds. The number of nitrogens with zero attached hydrogens (tertiary/aromatic N) is 2. The molecule has 0 unspecified atom stereocenters. The molecule has 2 aromatic rings. The normalized spacial score (nSPS) is 10.3. The minimum Gasteiger partial charge on any atom is -0.325 e. The van der Waals surface area contributed by atoms with Crippen LogP contribution in [-0.2, 0) is 13.5 Å². The molecule has 0 fully saturated rings. The van der Waals surface area contributed by atoms with Crippen molar-refractivity contribution in [3.05, 3.63) is 42.2 Å². The van der Waals surface area contributed by atoms with Crippen LogP contribution in [0.4, 0.5) is 11.6 Å². The van der Waals surface area contributed by atoms with Crippen LogP contribution in [0.2, 0.25) is 0 Å². The van der Waals surface area contributed by atoms with Gasteiger partial charge in [0.05, 0.1) is 0 Å². The smallest absolute Gasteiger partial charge is 0.207 e. The van der Waals surface area contributed by atoms with Crippen LogP contribution in [0, 0.1) is 0 Å². The zero-order chi connectivity index (χ0) is 10.7. The number of benzene rings is 1. The van der Waals surface area contributed by atoms with Gasteiger partial charge in [-0.15, -0.1) is 0 Å². The number of imidazole rings is 1. The van der Waals surface area contributed by atoms with Gasteiger partial charge >= 0.3 is 0 Å². The van der Waals surface area contributed by atoms with Crippen molar-refractivity contribution in [3.63, 3.8) is 0 Å². The maximum atomic E-state index is 4.24. The van der Waals surface area contributed by atoms with Gasteiger partial charge in [-0.25, -0.2) is 4.98 Å². The van der Waals surface area contributed by atoms with Gasteiger partial charge in [0.15, 0.2) is 0 Å². The molecule has 1 N–H and O–H groups in total. The summed E-state index contributed by atoms with van der Waals surface area (Å²) in [5.41, 5.74) is 2.44. The van der Waals surface area contributed by atoms with Crippen molar-refractivity contribution >= 4 is 11.6 Å². The first kappa shape index (κ1) is 9.77. The lowest BCUT2D eigenvalue weighted by Gasteiger charge is -2.09. The summed E-state index contributed by atoms with van der Waals surface area (Å²) in [7, 11) is 1.98. The molecule has 0 saturated carbocycles. The van der Waals surface area contributed by atoms with Gasteiger partial charge in [0.25, 0.3) is 0 Å². The van der Waals surface area contributed by atoms with Crippen molar-refractivity contribution in [3.8, 4) is 0 Å². The molecule has 0 aliphatic heterocycles. The van der Waals surface area contributed by atoms with E-state index in [1.165, 1.54) is 5.56 Å². The molecule has 2 rings (SSSR count). The molecular formula is C12H15N3. The van der Waals surface area contributed by atoms with Crippen LogP contribution in [0.1, 0.15) is 12.5 Å². The molecule has 1 aromatic heterocycles. The van der Waals surface area contributed by atoms with Crippen molar-refractivity contribution < 1.29 is 0 Å². The van der Waals surface area contributed by atoms with Gasteiger partial charge in [0.2, 0.25) is 5.95 Å². The van der Waals surface area contributed by atoms with Crippen LogP contribution in [0.15, 0.2) is 36.7 Å². The predicted octanol–water partition coefficient (Wildman–Crippen LogP) is 2.73. The summed E-state index contributed by atoms with van der Waals surface area (Å²) in [4.78, 5) is 4.24. The summed E-state index contributed by atoms with van der Waals surface area (Å²) in [5.74, 6) is 0.871. The van der Waals surface area contributed by atoms with E-state index < -0.39 is 0 Å². The summed E-state index contributed by atoms with van der Waals surface area (Å²) in [5, 5.41) is 3.32. The molecule has 0 saturated heterocycles. The fraction of sp³-hybridized carbons (Fsp3) is 0.250. The number of rotatable bonds is 3. The van der Waals surface area contributed by atoms with E-state index in [2.05, 4.69) is 35.4 Å². The predicted molar refractivity (Wildman–Crippen MR) is 62.3 cm³/mol. The molecule has 1 heterocycles. The number of anilines is 2. The third-order valence-electron chi connectivity index (χ3n) is 2.47.